The van der Waals surface area contributed by atoms with Crippen LogP contribution in [0.15, 0.2) is 6.20 Å². The molecule has 3 N–H and O–H groups in total. The lowest BCUT2D eigenvalue weighted by atomic mass is 10.1. The first-order chi connectivity index (χ1) is 6.52. The van der Waals surface area contributed by atoms with Crippen molar-refractivity contribution >= 4 is 11.8 Å². The molecule has 0 amide bonds. The second-order valence-corrected chi connectivity index (χ2v) is 2.54. The highest BCUT2D eigenvalue weighted by atomic mass is 16.6. The van der Waals surface area contributed by atoms with Crippen LogP contribution in [-0.4, -0.2) is 31.3 Å². The van der Waals surface area contributed by atoms with Crippen LogP contribution in [0.25, 0.3) is 0 Å². The Labute approximate surface area is 77.3 Å². The van der Waals surface area contributed by atoms with Gasteiger partial charge in [-0.05, 0) is 4.92 Å². The molecule has 1 rings (SSSR count). The molecule has 0 aromatic carbocycles. The number of carbonyl (C=O) groups is 1. The highest BCUT2D eigenvalue weighted by molar-refractivity contribution is 5.67. The number of hydrogen-bond acceptors (Lipinski definition) is 5. The summed E-state index contributed by atoms with van der Waals surface area (Å²) in [6, 6.07) is 0. The number of rotatable bonds is 4. The Balaban J connectivity index is 2.89. The maximum Gasteiger partial charge on any atom is 0.348 e. The third-order valence-corrected chi connectivity index (χ3v) is 1.56. The van der Waals surface area contributed by atoms with Gasteiger partial charge in [0, 0.05) is 0 Å². The molecule has 0 fully saturated rings. The quantitative estimate of drug-likeness (QED) is 0.457. The monoisotopic (exact) mass is 201 g/mol. The number of carboxylic acid groups (broad SMARTS) is 1. The van der Waals surface area contributed by atoms with E-state index >= 15 is 0 Å². The number of aliphatic hydroxyl groups excluding tert-OH is 1. The van der Waals surface area contributed by atoms with E-state index in [0.29, 0.717) is 0 Å². The van der Waals surface area contributed by atoms with Gasteiger partial charge < -0.3 is 20.3 Å². The number of aromatic nitrogens is 2. The van der Waals surface area contributed by atoms with Crippen LogP contribution in [0.2, 0.25) is 0 Å². The van der Waals surface area contributed by atoms with E-state index in [1.165, 1.54) is 0 Å². The molecule has 76 valence electrons. The minimum atomic E-state index is -1.42. The average molecular weight is 201 g/mol. The van der Waals surface area contributed by atoms with Gasteiger partial charge >= 0.3 is 11.8 Å². The molecule has 0 bridgehead atoms. The van der Waals surface area contributed by atoms with Crippen molar-refractivity contribution in [2.24, 2.45) is 0 Å². The molecule has 0 unspecified atom stereocenters. The van der Waals surface area contributed by atoms with Crippen LogP contribution in [0.3, 0.4) is 0 Å². The van der Waals surface area contributed by atoms with E-state index < -0.39 is 29.2 Å². The van der Waals surface area contributed by atoms with Crippen molar-refractivity contribution in [1.29, 1.82) is 0 Å². The molecular weight excluding hydrogens is 194 g/mol. The molecule has 0 aliphatic rings. The molecule has 1 heterocycles. The molecule has 0 aliphatic carbocycles. The Morgan fingerprint density at radius 2 is 2.43 bits per heavy atom. The predicted octanol–water partition coefficient (Wildman–Crippen LogP) is -0.174. The van der Waals surface area contributed by atoms with E-state index in [0.717, 1.165) is 6.20 Å². The van der Waals surface area contributed by atoms with Gasteiger partial charge in [0.15, 0.2) is 0 Å². The van der Waals surface area contributed by atoms with Crippen LogP contribution >= 0.6 is 0 Å². The summed E-state index contributed by atoms with van der Waals surface area (Å²) >= 11 is 0. The summed E-state index contributed by atoms with van der Waals surface area (Å²) in [5.74, 6) is -1.73. The fourth-order valence-electron chi connectivity index (χ4n) is 0.954. The molecule has 1 aromatic rings. The Kier molecular flexibility index (Phi) is 2.77. The summed E-state index contributed by atoms with van der Waals surface area (Å²) in [5, 5.41) is 33.4. The normalized spacial score (nSPS) is 12.4. The second kappa shape index (κ2) is 3.83. The first kappa shape index (κ1) is 10.1. The van der Waals surface area contributed by atoms with Gasteiger partial charge in [0.05, 0.1) is 24.3 Å². The molecule has 0 saturated heterocycles. The third kappa shape index (κ3) is 2.04. The van der Waals surface area contributed by atoms with Gasteiger partial charge in [-0.3, -0.25) is 4.79 Å². The number of aromatic amines is 1. The van der Waals surface area contributed by atoms with Crippen LogP contribution in [0, 0.1) is 10.1 Å². The van der Waals surface area contributed by atoms with E-state index in [9.17, 15) is 20.0 Å². The fraction of sp³-hybridized carbons (Fsp3) is 0.333. The number of carboxylic acids is 1. The fourth-order valence-corrected chi connectivity index (χ4v) is 0.954. The molecular formula is C6H7N3O5. The summed E-state index contributed by atoms with van der Waals surface area (Å²) in [6.45, 7) is 0. The lowest BCUT2D eigenvalue weighted by Crippen LogP contribution is -2.06. The Hall–Kier alpha value is -1.96. The van der Waals surface area contributed by atoms with Crippen LogP contribution < -0.4 is 0 Å². The molecule has 0 spiro atoms. The zero-order chi connectivity index (χ0) is 10.7. The number of H-pyrrole nitrogens is 1. The summed E-state index contributed by atoms with van der Waals surface area (Å²) in [5.41, 5.74) is -0.127. The number of aliphatic hydroxyl groups is 1. The first-order valence-electron chi connectivity index (χ1n) is 3.60. The smallest absolute Gasteiger partial charge is 0.348 e. The minimum Gasteiger partial charge on any atom is -0.481 e. The first-order valence-corrected chi connectivity index (χ1v) is 3.60. The molecule has 8 nitrogen and oxygen atoms in total. The summed E-state index contributed by atoms with van der Waals surface area (Å²) in [7, 11) is 0. The van der Waals surface area contributed by atoms with Gasteiger partial charge in [-0.2, -0.15) is 0 Å². The maximum absolute atomic E-state index is 10.3. The van der Waals surface area contributed by atoms with Gasteiger partial charge in [-0.1, -0.05) is 5.10 Å². The van der Waals surface area contributed by atoms with Crippen molar-refractivity contribution in [2.75, 3.05) is 0 Å². The number of hydrogen-bond donors (Lipinski definition) is 3. The van der Waals surface area contributed by atoms with Crippen molar-refractivity contribution in [3.63, 3.8) is 0 Å². The van der Waals surface area contributed by atoms with Crippen LogP contribution in [0.5, 0.6) is 0 Å². The van der Waals surface area contributed by atoms with Gasteiger partial charge in [0.2, 0.25) is 0 Å². The number of nitrogens with one attached hydrogen (secondary N) is 1. The molecule has 0 radical (unpaired) electrons. The lowest BCUT2D eigenvalue weighted by molar-refractivity contribution is -0.390. The van der Waals surface area contributed by atoms with Crippen LogP contribution in [0.1, 0.15) is 18.1 Å². The molecule has 8 heteroatoms. The van der Waals surface area contributed by atoms with E-state index in [1.807, 2.05) is 0 Å². The molecule has 0 saturated carbocycles. The summed E-state index contributed by atoms with van der Waals surface area (Å²) in [4.78, 5) is 19.8. The third-order valence-electron chi connectivity index (χ3n) is 1.56. The molecule has 1 aromatic heterocycles. The average Bonchev–Trinajstić information content (AvgIpc) is 2.49. The van der Waals surface area contributed by atoms with E-state index in [4.69, 9.17) is 5.11 Å². The molecule has 14 heavy (non-hydrogen) atoms. The van der Waals surface area contributed by atoms with Crippen molar-refractivity contribution in [3.8, 4) is 0 Å². The van der Waals surface area contributed by atoms with Crippen molar-refractivity contribution < 1.29 is 19.9 Å². The minimum absolute atomic E-state index is 0.127. The van der Waals surface area contributed by atoms with Gasteiger partial charge in [0.25, 0.3) is 0 Å². The number of nitrogens with zero attached hydrogens (tertiary/aromatic N) is 2. The van der Waals surface area contributed by atoms with Gasteiger partial charge in [-0.15, -0.1) is 5.10 Å². The second-order valence-electron chi connectivity index (χ2n) is 2.54. The molecule has 0 aliphatic heterocycles. The van der Waals surface area contributed by atoms with E-state index in [-0.39, 0.29) is 5.56 Å². The molecule has 1 atom stereocenters. The Morgan fingerprint density at radius 3 is 2.93 bits per heavy atom. The van der Waals surface area contributed by atoms with Gasteiger partial charge in [-0.25, -0.2) is 0 Å². The Bertz CT molecular complexity index is 360. The highest BCUT2D eigenvalue weighted by Crippen LogP contribution is 2.24. The largest absolute Gasteiger partial charge is 0.481 e. The topological polar surface area (TPSA) is 129 Å². The lowest BCUT2D eigenvalue weighted by Gasteiger charge is -2.03. The SMILES string of the molecule is O=C(O)C[C@H](O)c1cn[nH]c1[N+](=O)[O-]. The van der Waals surface area contributed by atoms with Crippen molar-refractivity contribution in [1.82, 2.24) is 10.2 Å². The van der Waals surface area contributed by atoms with Crippen LogP contribution in [0.4, 0.5) is 5.82 Å². The zero-order valence-electron chi connectivity index (χ0n) is 6.88. The van der Waals surface area contributed by atoms with E-state index in [2.05, 4.69) is 10.2 Å². The summed E-state index contributed by atoms with van der Waals surface area (Å²) < 4.78 is 0. The summed E-state index contributed by atoms with van der Waals surface area (Å²) in [6.07, 6.45) is -0.988. The van der Waals surface area contributed by atoms with Crippen molar-refractivity contribution in [2.45, 2.75) is 12.5 Å². The number of nitro groups is 1. The Morgan fingerprint density at radius 1 is 1.79 bits per heavy atom. The van der Waals surface area contributed by atoms with Crippen molar-refractivity contribution in [3.05, 3.63) is 21.9 Å². The maximum atomic E-state index is 10.3. The van der Waals surface area contributed by atoms with E-state index in [1.54, 1.807) is 0 Å². The van der Waals surface area contributed by atoms with Crippen LogP contribution in [-0.2, 0) is 4.79 Å². The predicted molar refractivity (Wildman–Crippen MR) is 42.5 cm³/mol. The standard InChI is InChI=1S/C6H7N3O5/c10-4(1-5(11)12)3-2-7-8-6(3)9(13)14/h2,4,10H,1H2,(H,7,8)(H,11,12)/t4-/m0/s1. The highest BCUT2D eigenvalue weighted by Gasteiger charge is 2.23. The van der Waals surface area contributed by atoms with Gasteiger partial charge in [0.1, 0.15) is 0 Å². The number of aliphatic carboxylic acids is 1. The zero-order valence-corrected chi connectivity index (χ0v) is 6.88.